The van der Waals surface area contributed by atoms with E-state index in [1.807, 2.05) is 0 Å². The lowest BCUT2D eigenvalue weighted by atomic mass is 9.86. The van der Waals surface area contributed by atoms with Crippen molar-refractivity contribution in [1.82, 2.24) is 40.7 Å². The highest BCUT2D eigenvalue weighted by atomic mass is 35.5. The quantitative estimate of drug-likeness (QED) is 0.447. The SMILES string of the molecule is CN1CCC2=NC(C(=O)N[C@@H]3C[C@@H](n4cnnn4)CC[C@@H]3NC(=O)C(=O)Nc3ccc(Cl)cn3)SC2C1. The van der Waals surface area contributed by atoms with Crippen LogP contribution in [0.25, 0.3) is 0 Å². The number of likely N-dealkylation sites (tertiary alicyclic amines) is 1. The smallest absolute Gasteiger partial charge is 0.314 e. The lowest BCUT2D eigenvalue weighted by molar-refractivity contribution is -0.137. The molecule has 2 aliphatic heterocycles. The highest BCUT2D eigenvalue weighted by Crippen LogP contribution is 2.33. The molecule has 3 amide bonds. The summed E-state index contributed by atoms with van der Waals surface area (Å²) in [6.07, 6.45) is 5.45. The molecule has 4 heterocycles. The van der Waals surface area contributed by atoms with Crippen molar-refractivity contribution in [2.24, 2.45) is 4.99 Å². The zero-order valence-corrected chi connectivity index (χ0v) is 21.7. The van der Waals surface area contributed by atoms with Crippen LogP contribution in [0, 0.1) is 0 Å². The molecule has 2 aromatic heterocycles. The van der Waals surface area contributed by atoms with Crippen LogP contribution < -0.4 is 16.0 Å². The Labute approximate surface area is 222 Å². The van der Waals surface area contributed by atoms with Gasteiger partial charge in [0.05, 0.1) is 22.4 Å². The van der Waals surface area contributed by atoms with Crippen molar-refractivity contribution >= 4 is 52.6 Å². The molecule has 2 fully saturated rings. The highest BCUT2D eigenvalue weighted by Gasteiger charge is 2.39. The molecule has 3 aliphatic rings. The number of amides is 3. The molecule has 5 atom stereocenters. The lowest BCUT2D eigenvalue weighted by Gasteiger charge is -2.36. The molecule has 0 aromatic carbocycles. The number of pyridine rings is 1. The van der Waals surface area contributed by atoms with Crippen LogP contribution in [0.2, 0.25) is 5.02 Å². The Balaban J connectivity index is 1.25. The zero-order valence-electron chi connectivity index (χ0n) is 20.1. The van der Waals surface area contributed by atoms with Crippen molar-refractivity contribution in [2.45, 2.75) is 54.4 Å². The van der Waals surface area contributed by atoms with E-state index in [0.717, 1.165) is 25.2 Å². The normalized spacial score (nSPS) is 27.6. The fourth-order valence-electron chi connectivity index (χ4n) is 4.84. The van der Waals surface area contributed by atoms with E-state index in [-0.39, 0.29) is 23.0 Å². The van der Waals surface area contributed by atoms with Crippen molar-refractivity contribution in [1.29, 1.82) is 0 Å². The molecule has 13 nitrogen and oxygen atoms in total. The zero-order chi connectivity index (χ0) is 25.9. The predicted octanol–water partition coefficient (Wildman–Crippen LogP) is 0.273. The van der Waals surface area contributed by atoms with Gasteiger partial charge in [0.15, 0.2) is 5.37 Å². The number of anilines is 1. The molecular weight excluding hydrogens is 520 g/mol. The first-order valence-corrected chi connectivity index (χ1v) is 13.3. The third-order valence-electron chi connectivity index (χ3n) is 6.78. The molecule has 5 rings (SSSR count). The molecule has 196 valence electrons. The average molecular weight is 547 g/mol. The van der Waals surface area contributed by atoms with Crippen molar-refractivity contribution in [3.05, 3.63) is 29.7 Å². The summed E-state index contributed by atoms with van der Waals surface area (Å²) in [6, 6.07) is 2.11. The minimum Gasteiger partial charge on any atom is -0.349 e. The first-order chi connectivity index (χ1) is 17.9. The fourth-order valence-corrected chi connectivity index (χ4v) is 6.33. The van der Waals surface area contributed by atoms with Crippen molar-refractivity contribution in [3.63, 3.8) is 0 Å². The van der Waals surface area contributed by atoms with Crippen molar-refractivity contribution in [2.75, 3.05) is 25.5 Å². The van der Waals surface area contributed by atoms with E-state index in [4.69, 9.17) is 11.6 Å². The number of hydrogen-bond donors (Lipinski definition) is 3. The summed E-state index contributed by atoms with van der Waals surface area (Å²) in [7, 11) is 2.07. The van der Waals surface area contributed by atoms with E-state index in [0.29, 0.717) is 24.3 Å². The summed E-state index contributed by atoms with van der Waals surface area (Å²) in [5, 5.41) is 19.9. The molecule has 1 saturated carbocycles. The molecule has 0 radical (unpaired) electrons. The van der Waals surface area contributed by atoms with E-state index >= 15 is 0 Å². The maximum atomic E-state index is 13.3. The van der Waals surface area contributed by atoms with Crippen LogP contribution in [0.4, 0.5) is 5.82 Å². The fraction of sp³-hybridized carbons (Fsp3) is 0.545. The molecule has 2 unspecified atom stereocenters. The number of halogens is 1. The maximum absolute atomic E-state index is 13.3. The molecule has 3 N–H and O–H groups in total. The van der Waals surface area contributed by atoms with Gasteiger partial charge in [-0.3, -0.25) is 19.4 Å². The van der Waals surface area contributed by atoms with E-state index in [9.17, 15) is 14.4 Å². The van der Waals surface area contributed by atoms with Crippen LogP contribution in [0.3, 0.4) is 0 Å². The monoisotopic (exact) mass is 546 g/mol. The number of nitrogens with one attached hydrogen (secondary N) is 3. The number of carbonyl (C=O) groups is 3. The molecule has 37 heavy (non-hydrogen) atoms. The number of fused-ring (bicyclic) bond motifs is 1. The van der Waals surface area contributed by atoms with Crippen LogP contribution in [0.15, 0.2) is 29.6 Å². The minimum absolute atomic E-state index is 0.0562. The first kappa shape index (κ1) is 25.5. The van der Waals surface area contributed by atoms with Gasteiger partial charge in [-0.25, -0.2) is 9.67 Å². The Morgan fingerprint density at radius 2 is 2.00 bits per heavy atom. The van der Waals surface area contributed by atoms with E-state index in [1.165, 1.54) is 18.6 Å². The van der Waals surface area contributed by atoms with Crippen LogP contribution in [0.5, 0.6) is 0 Å². The number of carbonyl (C=O) groups excluding carboxylic acids is 3. The van der Waals surface area contributed by atoms with Crippen LogP contribution in [-0.2, 0) is 14.4 Å². The van der Waals surface area contributed by atoms with Gasteiger partial charge in [-0.1, -0.05) is 11.6 Å². The van der Waals surface area contributed by atoms with Gasteiger partial charge in [0.2, 0.25) is 0 Å². The van der Waals surface area contributed by atoms with Crippen molar-refractivity contribution < 1.29 is 14.4 Å². The molecule has 15 heteroatoms. The van der Waals surface area contributed by atoms with Gasteiger partial charge in [0, 0.05) is 31.0 Å². The second-order valence-corrected chi connectivity index (χ2v) is 11.1. The molecule has 0 bridgehead atoms. The first-order valence-electron chi connectivity index (χ1n) is 12.0. The summed E-state index contributed by atoms with van der Waals surface area (Å²) >= 11 is 7.37. The van der Waals surface area contributed by atoms with Gasteiger partial charge in [-0.15, -0.1) is 16.9 Å². The maximum Gasteiger partial charge on any atom is 0.314 e. The average Bonchev–Trinajstić information content (AvgIpc) is 3.56. The van der Waals surface area contributed by atoms with E-state index in [1.54, 1.807) is 22.5 Å². The summed E-state index contributed by atoms with van der Waals surface area (Å²) in [6.45, 7) is 1.80. The number of nitrogens with zero attached hydrogens (tertiary/aromatic N) is 7. The molecule has 2 aromatic rings. The third kappa shape index (κ3) is 6.08. The Morgan fingerprint density at radius 1 is 1.14 bits per heavy atom. The van der Waals surface area contributed by atoms with Crippen LogP contribution >= 0.6 is 23.4 Å². The Bertz CT molecular complexity index is 1180. The number of tetrazole rings is 1. The summed E-state index contributed by atoms with van der Waals surface area (Å²) < 4.78 is 1.66. The van der Waals surface area contributed by atoms with E-state index < -0.39 is 29.3 Å². The second kappa shape index (κ2) is 11.1. The molecular formula is C22H27ClN10O3S. The number of rotatable bonds is 5. The van der Waals surface area contributed by atoms with Gasteiger partial charge in [0.1, 0.15) is 12.1 Å². The number of piperidine rings is 1. The number of aromatic nitrogens is 5. The molecule has 0 spiro atoms. The Morgan fingerprint density at radius 3 is 2.76 bits per heavy atom. The van der Waals surface area contributed by atoms with Gasteiger partial charge < -0.3 is 20.9 Å². The second-order valence-electron chi connectivity index (χ2n) is 9.38. The summed E-state index contributed by atoms with van der Waals surface area (Å²) in [5.41, 5.74) is 1.08. The standard InChI is InChI=1S/C22H27ClN10O3S/c1-32-7-6-15-17(10-32)37-22(28-15)21(36)27-16-8-13(33-11-25-30-31-33)3-4-14(16)26-19(34)20(35)29-18-5-2-12(23)9-24-18/h2,5,9,11,13-14,16-17,22H,3-4,6-8,10H2,1H3,(H,26,34)(H,27,36)(H,24,29,35)/t13-,14-,16+,17?,22?/m0/s1. The van der Waals surface area contributed by atoms with Gasteiger partial charge >= 0.3 is 11.8 Å². The van der Waals surface area contributed by atoms with Crippen LogP contribution in [-0.4, -0.2) is 96.4 Å². The molecule has 1 aliphatic carbocycles. The van der Waals surface area contributed by atoms with Gasteiger partial charge in [-0.05, 0) is 55.3 Å². The Hall–Kier alpha value is -3.10. The van der Waals surface area contributed by atoms with Gasteiger partial charge in [0.25, 0.3) is 5.91 Å². The van der Waals surface area contributed by atoms with Gasteiger partial charge in [-0.2, -0.15) is 0 Å². The van der Waals surface area contributed by atoms with Crippen LogP contribution in [0.1, 0.15) is 31.7 Å². The number of thioether (sulfide) groups is 1. The lowest BCUT2D eigenvalue weighted by Crippen LogP contribution is -2.57. The summed E-state index contributed by atoms with van der Waals surface area (Å²) in [5.74, 6) is -1.66. The Kier molecular flexibility index (Phi) is 7.67. The molecule has 1 saturated heterocycles. The minimum atomic E-state index is -0.853. The topological polar surface area (TPSA) is 159 Å². The van der Waals surface area contributed by atoms with E-state index in [2.05, 4.69) is 53.4 Å². The third-order valence-corrected chi connectivity index (χ3v) is 8.33. The highest BCUT2D eigenvalue weighted by molar-refractivity contribution is 8.02. The van der Waals surface area contributed by atoms with Crippen molar-refractivity contribution in [3.8, 4) is 0 Å². The number of hydrogen-bond acceptors (Lipinski definition) is 10. The number of aliphatic imine (C=N–C) groups is 1. The summed E-state index contributed by atoms with van der Waals surface area (Å²) in [4.78, 5) is 49.4. The largest absolute Gasteiger partial charge is 0.349 e. The predicted molar refractivity (Wildman–Crippen MR) is 137 cm³/mol.